The topological polar surface area (TPSA) is 74.9 Å². The molecular formula is C26H26Cl2F3N5O3. The van der Waals surface area contributed by atoms with E-state index in [0.717, 1.165) is 45.2 Å². The van der Waals surface area contributed by atoms with Crippen LogP contribution in [0.25, 0.3) is 11.5 Å². The quantitative estimate of drug-likeness (QED) is 0.304. The molecule has 2 aliphatic rings. The van der Waals surface area contributed by atoms with E-state index in [-0.39, 0.29) is 34.6 Å². The SMILES string of the molecule is CN(c1cc(Cl)c(Cl)cc1N(C=O)Cc1ccc(-c2nnc(C(F)F)o2)cc1F)C1CCN(C2COC2)CC1. The maximum absolute atomic E-state index is 15.1. The van der Waals surface area contributed by atoms with Crippen LogP contribution in [0.4, 0.5) is 24.5 Å². The molecule has 2 aliphatic heterocycles. The lowest BCUT2D eigenvalue weighted by Crippen LogP contribution is -2.54. The molecule has 0 N–H and O–H groups in total. The number of likely N-dealkylation sites (tertiary alicyclic amines) is 1. The molecule has 5 rings (SSSR count). The highest BCUT2D eigenvalue weighted by Crippen LogP contribution is 2.39. The van der Waals surface area contributed by atoms with E-state index in [1.165, 1.54) is 17.0 Å². The second-order valence-electron chi connectivity index (χ2n) is 9.61. The van der Waals surface area contributed by atoms with E-state index in [2.05, 4.69) is 20.0 Å². The van der Waals surface area contributed by atoms with Crippen LogP contribution in [0.5, 0.6) is 0 Å². The Morgan fingerprint density at radius 3 is 2.36 bits per heavy atom. The largest absolute Gasteiger partial charge is 0.415 e. The van der Waals surface area contributed by atoms with Crippen molar-refractivity contribution >= 4 is 41.0 Å². The van der Waals surface area contributed by atoms with Crippen molar-refractivity contribution in [3.8, 4) is 11.5 Å². The number of anilines is 2. The van der Waals surface area contributed by atoms with Crippen LogP contribution in [-0.2, 0) is 16.1 Å². The summed E-state index contributed by atoms with van der Waals surface area (Å²) < 4.78 is 50.9. The highest BCUT2D eigenvalue weighted by Gasteiger charge is 2.32. The van der Waals surface area contributed by atoms with Crippen LogP contribution in [0.2, 0.25) is 10.0 Å². The molecule has 3 aromatic rings. The number of halogens is 5. The maximum Gasteiger partial charge on any atom is 0.314 e. The number of rotatable bonds is 9. The molecule has 0 radical (unpaired) electrons. The number of ether oxygens (including phenoxy) is 1. The third kappa shape index (κ3) is 5.86. The molecule has 2 saturated heterocycles. The van der Waals surface area contributed by atoms with Gasteiger partial charge in [-0.15, -0.1) is 10.2 Å². The van der Waals surface area contributed by atoms with Gasteiger partial charge in [0.1, 0.15) is 5.82 Å². The van der Waals surface area contributed by atoms with E-state index < -0.39 is 18.1 Å². The van der Waals surface area contributed by atoms with Crippen LogP contribution in [0.1, 0.15) is 30.7 Å². The molecule has 0 aliphatic carbocycles. The number of aromatic nitrogens is 2. The zero-order valence-electron chi connectivity index (χ0n) is 21.0. The van der Waals surface area contributed by atoms with Gasteiger partial charge in [-0.2, -0.15) is 8.78 Å². The summed E-state index contributed by atoms with van der Waals surface area (Å²) in [6.45, 7) is 3.31. The molecule has 208 valence electrons. The van der Waals surface area contributed by atoms with Crippen LogP contribution >= 0.6 is 23.2 Å². The third-order valence-corrected chi connectivity index (χ3v) is 8.01. The second-order valence-corrected chi connectivity index (χ2v) is 10.4. The van der Waals surface area contributed by atoms with Crippen molar-refractivity contribution < 1.29 is 27.1 Å². The number of carbonyl (C=O) groups is 1. The number of alkyl halides is 2. The van der Waals surface area contributed by atoms with E-state index in [1.807, 2.05) is 7.05 Å². The molecule has 2 fully saturated rings. The fourth-order valence-corrected chi connectivity index (χ4v) is 5.23. The monoisotopic (exact) mass is 583 g/mol. The van der Waals surface area contributed by atoms with Gasteiger partial charge in [0.15, 0.2) is 0 Å². The highest BCUT2D eigenvalue weighted by molar-refractivity contribution is 6.42. The summed E-state index contributed by atoms with van der Waals surface area (Å²) in [4.78, 5) is 18.2. The van der Waals surface area contributed by atoms with Crippen molar-refractivity contribution in [2.45, 2.75) is 37.9 Å². The molecule has 8 nitrogen and oxygen atoms in total. The average Bonchev–Trinajstić information content (AvgIpc) is 3.39. The molecule has 0 bridgehead atoms. The van der Waals surface area contributed by atoms with Gasteiger partial charge < -0.3 is 19.0 Å². The number of hydrogen-bond donors (Lipinski definition) is 0. The molecule has 2 aromatic carbocycles. The molecule has 0 saturated carbocycles. The first-order chi connectivity index (χ1) is 18.7. The third-order valence-electron chi connectivity index (χ3n) is 7.29. The van der Waals surface area contributed by atoms with Crippen LogP contribution in [-0.4, -0.2) is 66.9 Å². The predicted molar refractivity (Wildman–Crippen MR) is 141 cm³/mol. The van der Waals surface area contributed by atoms with Crippen molar-refractivity contribution in [1.82, 2.24) is 15.1 Å². The van der Waals surface area contributed by atoms with Gasteiger partial charge in [-0.1, -0.05) is 29.3 Å². The molecule has 3 heterocycles. The Morgan fingerprint density at radius 2 is 1.79 bits per heavy atom. The smallest absolute Gasteiger partial charge is 0.314 e. The Bertz CT molecular complexity index is 1330. The first-order valence-electron chi connectivity index (χ1n) is 12.4. The fraction of sp³-hybridized carbons (Fsp3) is 0.423. The Hall–Kier alpha value is -2.86. The second kappa shape index (κ2) is 11.7. The Morgan fingerprint density at radius 1 is 1.10 bits per heavy atom. The molecule has 13 heteroatoms. The number of amides is 1. The molecule has 0 unspecified atom stereocenters. The van der Waals surface area contributed by atoms with E-state index in [4.69, 9.17) is 32.4 Å². The first kappa shape index (κ1) is 27.7. The van der Waals surface area contributed by atoms with E-state index in [1.54, 1.807) is 12.1 Å². The molecule has 39 heavy (non-hydrogen) atoms. The lowest BCUT2D eigenvalue weighted by Gasteiger charge is -2.44. The van der Waals surface area contributed by atoms with E-state index >= 15 is 4.39 Å². The van der Waals surface area contributed by atoms with Crippen molar-refractivity contribution in [2.24, 2.45) is 0 Å². The van der Waals surface area contributed by atoms with Gasteiger partial charge in [0.25, 0.3) is 5.89 Å². The van der Waals surface area contributed by atoms with Crippen molar-refractivity contribution in [1.29, 1.82) is 0 Å². The first-order valence-corrected chi connectivity index (χ1v) is 13.2. The average molecular weight is 584 g/mol. The van der Waals surface area contributed by atoms with Crippen molar-refractivity contribution in [3.05, 3.63) is 57.6 Å². The minimum Gasteiger partial charge on any atom is -0.415 e. The van der Waals surface area contributed by atoms with Gasteiger partial charge in [0.2, 0.25) is 12.3 Å². The lowest BCUT2D eigenvalue weighted by atomic mass is 10.00. The Kier molecular flexibility index (Phi) is 8.32. The maximum atomic E-state index is 15.1. The Balaban J connectivity index is 1.36. The van der Waals surface area contributed by atoms with Crippen LogP contribution in [0.3, 0.4) is 0 Å². The van der Waals surface area contributed by atoms with Gasteiger partial charge >= 0.3 is 6.43 Å². The number of hydrogen-bond acceptors (Lipinski definition) is 7. The number of benzene rings is 2. The van der Waals surface area contributed by atoms with Crippen LogP contribution in [0, 0.1) is 5.82 Å². The minimum atomic E-state index is -2.93. The summed E-state index contributed by atoms with van der Waals surface area (Å²) in [7, 11) is 1.95. The summed E-state index contributed by atoms with van der Waals surface area (Å²) >= 11 is 12.7. The van der Waals surface area contributed by atoms with E-state index in [0.29, 0.717) is 28.8 Å². The van der Waals surface area contributed by atoms with Gasteiger partial charge in [-0.05, 0) is 37.1 Å². The predicted octanol–water partition coefficient (Wildman–Crippen LogP) is 5.58. The summed E-state index contributed by atoms with van der Waals surface area (Å²) in [5.74, 6) is -1.74. The molecule has 1 amide bonds. The summed E-state index contributed by atoms with van der Waals surface area (Å²) in [5.41, 5.74) is 1.52. The number of piperidine rings is 1. The van der Waals surface area contributed by atoms with Crippen LogP contribution in [0.15, 0.2) is 34.7 Å². The summed E-state index contributed by atoms with van der Waals surface area (Å²) in [6.07, 6.45) is -0.476. The van der Waals surface area contributed by atoms with Gasteiger partial charge in [-0.25, -0.2) is 4.39 Å². The lowest BCUT2D eigenvalue weighted by molar-refractivity contribution is -0.107. The normalized spacial score (nSPS) is 16.9. The minimum absolute atomic E-state index is 0.110. The number of nitrogens with zero attached hydrogens (tertiary/aromatic N) is 5. The van der Waals surface area contributed by atoms with Crippen molar-refractivity contribution in [3.63, 3.8) is 0 Å². The van der Waals surface area contributed by atoms with Gasteiger partial charge in [0.05, 0.1) is 47.2 Å². The zero-order valence-corrected chi connectivity index (χ0v) is 22.5. The fourth-order valence-electron chi connectivity index (χ4n) is 4.92. The van der Waals surface area contributed by atoms with Crippen LogP contribution < -0.4 is 9.80 Å². The Labute approximate surface area is 233 Å². The summed E-state index contributed by atoms with van der Waals surface area (Å²) in [5, 5.41) is 7.42. The molecule has 1 aromatic heterocycles. The van der Waals surface area contributed by atoms with Gasteiger partial charge in [-0.3, -0.25) is 9.69 Å². The molecular weight excluding hydrogens is 558 g/mol. The van der Waals surface area contributed by atoms with Gasteiger partial charge in [0, 0.05) is 37.3 Å². The zero-order chi connectivity index (χ0) is 27.7. The highest BCUT2D eigenvalue weighted by atomic mass is 35.5. The standard InChI is InChI=1S/C26H26Cl2F3N5O3/c1-34(17-4-6-35(7-5-17)18-12-38-13-18)22-9-19(27)20(28)10-23(22)36(14-37)11-16-3-2-15(8-21(16)29)25-32-33-26(39-25)24(30)31/h2-3,8-10,14,17-18,24H,4-7,11-13H2,1H3. The summed E-state index contributed by atoms with van der Waals surface area (Å²) in [6, 6.07) is 8.01. The van der Waals surface area contributed by atoms with Crippen molar-refractivity contribution in [2.75, 3.05) is 43.2 Å². The molecule has 0 atom stereocenters. The van der Waals surface area contributed by atoms with E-state index in [9.17, 15) is 13.6 Å². The molecule has 0 spiro atoms. The number of carbonyl (C=O) groups excluding carboxylic acids is 1.